The van der Waals surface area contributed by atoms with Gasteiger partial charge in [0.15, 0.2) is 5.82 Å². The van der Waals surface area contributed by atoms with Crippen molar-refractivity contribution in [1.82, 2.24) is 14.5 Å². The molecule has 0 aliphatic carbocycles. The highest BCUT2D eigenvalue weighted by Crippen LogP contribution is 2.41. The van der Waals surface area contributed by atoms with E-state index in [-0.39, 0.29) is 5.41 Å². The van der Waals surface area contributed by atoms with Gasteiger partial charge in [0.05, 0.1) is 10.6 Å². The van der Waals surface area contributed by atoms with Crippen LogP contribution in [-0.2, 0) is 16.4 Å². The van der Waals surface area contributed by atoms with Gasteiger partial charge in [0, 0.05) is 31.6 Å². The van der Waals surface area contributed by atoms with Crippen molar-refractivity contribution in [3.8, 4) is 0 Å². The van der Waals surface area contributed by atoms with E-state index in [2.05, 4.69) is 22.0 Å². The minimum atomic E-state index is -3.44. The van der Waals surface area contributed by atoms with Crippen LogP contribution < -0.4 is 4.90 Å². The molecule has 2 aliphatic rings. The number of anilines is 1. The Kier molecular flexibility index (Phi) is 5.14. The lowest BCUT2D eigenvalue weighted by Crippen LogP contribution is -2.45. The van der Waals surface area contributed by atoms with Gasteiger partial charge < -0.3 is 4.90 Å². The summed E-state index contributed by atoms with van der Waals surface area (Å²) in [6.07, 6.45) is 3.91. The summed E-state index contributed by atoms with van der Waals surface area (Å²) in [4.78, 5) is 2.67. The number of hydrogen-bond acceptors (Lipinski definition) is 5. The monoisotopic (exact) mass is 400 g/mol. The van der Waals surface area contributed by atoms with Crippen LogP contribution in [0.4, 0.5) is 5.82 Å². The fourth-order valence-corrected chi connectivity index (χ4v) is 6.00. The van der Waals surface area contributed by atoms with Gasteiger partial charge in [-0.1, -0.05) is 19.1 Å². The van der Waals surface area contributed by atoms with Gasteiger partial charge in [-0.05, 0) is 62.4 Å². The van der Waals surface area contributed by atoms with Gasteiger partial charge in [0.1, 0.15) is 0 Å². The zero-order valence-corrected chi connectivity index (χ0v) is 17.5. The van der Waals surface area contributed by atoms with E-state index in [0.29, 0.717) is 18.0 Å². The van der Waals surface area contributed by atoms with E-state index in [0.717, 1.165) is 55.8 Å². The highest BCUT2D eigenvalue weighted by molar-refractivity contribution is 7.89. The van der Waals surface area contributed by atoms with E-state index in [1.54, 1.807) is 16.4 Å². The number of benzene rings is 1. The predicted octanol–water partition coefficient (Wildman–Crippen LogP) is 3.03. The van der Waals surface area contributed by atoms with Gasteiger partial charge in [-0.2, -0.15) is 9.40 Å². The maximum atomic E-state index is 13.1. The molecule has 0 unspecified atom stereocenters. The summed E-state index contributed by atoms with van der Waals surface area (Å²) in [5.41, 5.74) is 2.06. The average molecular weight is 401 g/mol. The standard InChI is InChI=1S/C21H28N4O2S/c1-3-18-6-8-19(9-7-18)28(26,27)25-14-12-21(16-25)11-4-13-24(15-21)20-10-5-17(2)22-23-20/h5-10H,3-4,11-16H2,1-2H3/t21-/m0/s1. The minimum absolute atomic E-state index is 0.00124. The Bertz CT molecular complexity index is 928. The summed E-state index contributed by atoms with van der Waals surface area (Å²) in [5, 5.41) is 8.51. The molecule has 0 radical (unpaired) electrons. The molecule has 0 N–H and O–H groups in total. The summed E-state index contributed by atoms with van der Waals surface area (Å²) in [5.74, 6) is 0.890. The van der Waals surface area contributed by atoms with Crippen molar-refractivity contribution in [3.63, 3.8) is 0 Å². The van der Waals surface area contributed by atoms with E-state index < -0.39 is 10.0 Å². The fourth-order valence-electron chi connectivity index (χ4n) is 4.44. The van der Waals surface area contributed by atoms with Crippen molar-refractivity contribution in [2.24, 2.45) is 5.41 Å². The molecule has 1 aromatic carbocycles. The van der Waals surface area contributed by atoms with Gasteiger partial charge in [0.25, 0.3) is 0 Å². The lowest BCUT2D eigenvalue weighted by molar-refractivity contribution is 0.246. The Labute approximate surface area is 167 Å². The molecule has 28 heavy (non-hydrogen) atoms. The van der Waals surface area contributed by atoms with Crippen molar-refractivity contribution in [2.45, 2.75) is 44.4 Å². The second-order valence-corrected chi connectivity index (χ2v) is 10.1. The number of aryl methyl sites for hydroxylation is 2. The first-order chi connectivity index (χ1) is 13.4. The lowest BCUT2D eigenvalue weighted by atomic mass is 9.79. The van der Waals surface area contributed by atoms with E-state index in [9.17, 15) is 8.42 Å². The van der Waals surface area contributed by atoms with Crippen molar-refractivity contribution in [3.05, 3.63) is 47.7 Å². The molecule has 2 aliphatic heterocycles. The van der Waals surface area contributed by atoms with Gasteiger partial charge in [-0.3, -0.25) is 0 Å². The third-order valence-corrected chi connectivity index (χ3v) is 8.00. The molecule has 0 amide bonds. The molecule has 1 spiro atoms. The predicted molar refractivity (Wildman–Crippen MR) is 110 cm³/mol. The van der Waals surface area contributed by atoms with E-state index >= 15 is 0 Å². The largest absolute Gasteiger partial charge is 0.355 e. The summed E-state index contributed by atoms with van der Waals surface area (Å²) >= 11 is 0. The number of piperidine rings is 1. The second-order valence-electron chi connectivity index (χ2n) is 8.14. The molecule has 0 saturated carbocycles. The van der Waals surface area contributed by atoms with Crippen LogP contribution in [0.25, 0.3) is 0 Å². The van der Waals surface area contributed by atoms with Crippen molar-refractivity contribution in [2.75, 3.05) is 31.1 Å². The van der Waals surface area contributed by atoms with E-state index in [1.165, 1.54) is 0 Å². The Morgan fingerprint density at radius 1 is 1.00 bits per heavy atom. The van der Waals surface area contributed by atoms with Crippen LogP contribution in [0.3, 0.4) is 0 Å². The van der Waals surface area contributed by atoms with Gasteiger partial charge in [-0.25, -0.2) is 8.42 Å². The lowest BCUT2D eigenvalue weighted by Gasteiger charge is -2.40. The highest BCUT2D eigenvalue weighted by Gasteiger charge is 2.45. The zero-order valence-electron chi connectivity index (χ0n) is 16.6. The van der Waals surface area contributed by atoms with Gasteiger partial charge >= 0.3 is 0 Å². The Morgan fingerprint density at radius 3 is 2.46 bits per heavy atom. The molecular weight excluding hydrogens is 372 g/mol. The Balaban J connectivity index is 1.51. The van der Waals surface area contributed by atoms with Crippen LogP contribution in [0, 0.1) is 12.3 Å². The summed E-state index contributed by atoms with van der Waals surface area (Å²) in [7, 11) is -3.44. The first kappa shape index (κ1) is 19.3. The first-order valence-electron chi connectivity index (χ1n) is 10.1. The highest BCUT2D eigenvalue weighted by atomic mass is 32.2. The number of aromatic nitrogens is 2. The third-order valence-electron chi connectivity index (χ3n) is 6.14. The Hall–Kier alpha value is -1.99. The van der Waals surface area contributed by atoms with E-state index in [4.69, 9.17) is 0 Å². The molecule has 4 rings (SSSR count). The molecule has 1 aromatic heterocycles. The number of rotatable bonds is 4. The topological polar surface area (TPSA) is 66.4 Å². The van der Waals surface area contributed by atoms with Crippen molar-refractivity contribution in [1.29, 1.82) is 0 Å². The SMILES string of the molecule is CCc1ccc(S(=O)(=O)N2CC[C@]3(CCCN(c4ccc(C)nn4)C3)C2)cc1. The fraction of sp³-hybridized carbons (Fsp3) is 0.524. The van der Waals surface area contributed by atoms with Crippen molar-refractivity contribution >= 4 is 15.8 Å². The molecule has 3 heterocycles. The molecule has 2 aromatic rings. The van der Waals surface area contributed by atoms with Crippen molar-refractivity contribution < 1.29 is 8.42 Å². The Morgan fingerprint density at radius 2 is 1.79 bits per heavy atom. The van der Waals surface area contributed by atoms with Crippen LogP contribution in [0.5, 0.6) is 0 Å². The van der Waals surface area contributed by atoms with Crippen LogP contribution in [0.15, 0.2) is 41.3 Å². The maximum Gasteiger partial charge on any atom is 0.243 e. The quantitative estimate of drug-likeness (QED) is 0.789. The molecule has 7 heteroatoms. The molecular formula is C21H28N4O2S. The number of sulfonamides is 1. The normalized spacial score (nSPS) is 23.4. The summed E-state index contributed by atoms with van der Waals surface area (Å²) < 4.78 is 28.0. The molecule has 1 atom stereocenters. The van der Waals surface area contributed by atoms with Crippen LogP contribution >= 0.6 is 0 Å². The summed E-state index contributed by atoms with van der Waals surface area (Å²) in [6.45, 7) is 6.96. The van der Waals surface area contributed by atoms with Gasteiger partial charge in [-0.15, -0.1) is 5.10 Å². The zero-order chi connectivity index (χ0) is 19.8. The third kappa shape index (κ3) is 3.65. The first-order valence-corrected chi connectivity index (χ1v) is 11.5. The second kappa shape index (κ2) is 7.44. The van der Waals surface area contributed by atoms with Crippen LogP contribution in [-0.4, -0.2) is 49.1 Å². The molecule has 0 bridgehead atoms. The van der Waals surface area contributed by atoms with E-state index in [1.807, 2.05) is 31.2 Å². The average Bonchev–Trinajstić information content (AvgIpc) is 3.12. The molecule has 2 saturated heterocycles. The van der Waals surface area contributed by atoms with Gasteiger partial charge in [0.2, 0.25) is 10.0 Å². The van der Waals surface area contributed by atoms with Crippen LogP contribution in [0.1, 0.15) is 37.4 Å². The minimum Gasteiger partial charge on any atom is -0.355 e. The number of hydrogen-bond donors (Lipinski definition) is 0. The van der Waals surface area contributed by atoms with Crippen LogP contribution in [0.2, 0.25) is 0 Å². The molecule has 2 fully saturated rings. The maximum absolute atomic E-state index is 13.1. The molecule has 6 nitrogen and oxygen atoms in total. The smallest absolute Gasteiger partial charge is 0.243 e. The number of nitrogens with zero attached hydrogens (tertiary/aromatic N) is 4. The summed E-state index contributed by atoms with van der Waals surface area (Å²) in [6, 6.07) is 11.3. The molecule has 150 valence electrons.